The molecular weight excluding hydrogens is 248 g/mol. The molecule has 1 saturated heterocycles. The molecule has 0 aliphatic carbocycles. The van der Waals surface area contributed by atoms with E-state index in [1.807, 2.05) is 11.9 Å². The molecule has 1 aliphatic heterocycles. The van der Waals surface area contributed by atoms with Crippen molar-refractivity contribution in [2.24, 2.45) is 5.73 Å². The van der Waals surface area contributed by atoms with Crippen molar-refractivity contribution in [2.75, 3.05) is 20.1 Å². The summed E-state index contributed by atoms with van der Waals surface area (Å²) in [6, 6.07) is 2.88. The first kappa shape index (κ1) is 13.3. The summed E-state index contributed by atoms with van der Waals surface area (Å²) in [6.07, 6.45) is -4.66. The second-order valence-corrected chi connectivity index (χ2v) is 4.73. The van der Waals surface area contributed by atoms with Crippen molar-refractivity contribution in [3.8, 4) is 0 Å². The minimum absolute atomic E-state index is 0.119. The van der Waals surface area contributed by atoms with Crippen LogP contribution in [-0.4, -0.2) is 31.1 Å². The molecule has 0 saturated carbocycles. The Kier molecular flexibility index (Phi) is 3.33. The number of likely N-dealkylation sites (N-methyl/N-ethyl adjacent to an activating group) is 1. The minimum Gasteiger partial charge on any atom is -0.326 e. The van der Waals surface area contributed by atoms with E-state index in [0.29, 0.717) is 18.7 Å². The number of alkyl halides is 3. The largest absolute Gasteiger partial charge is 0.419 e. The number of hydrogen-bond acceptors (Lipinski definition) is 2. The lowest BCUT2D eigenvalue weighted by atomic mass is 9.94. The van der Waals surface area contributed by atoms with Crippen molar-refractivity contribution in [2.45, 2.75) is 18.1 Å². The van der Waals surface area contributed by atoms with Crippen LogP contribution in [0.3, 0.4) is 0 Å². The third kappa shape index (κ3) is 2.49. The minimum atomic E-state index is -4.66. The smallest absolute Gasteiger partial charge is 0.326 e. The first-order valence-electron chi connectivity index (χ1n) is 5.60. The van der Waals surface area contributed by atoms with Crippen LogP contribution in [0.15, 0.2) is 18.2 Å². The third-order valence-electron chi connectivity index (χ3n) is 3.27. The number of likely N-dealkylation sites (tertiary alicyclic amines) is 1. The highest BCUT2D eigenvalue weighted by atomic mass is 19.4. The number of hydrogen-bond donors (Lipinski definition) is 1. The average Bonchev–Trinajstić information content (AvgIpc) is 2.55. The van der Waals surface area contributed by atoms with E-state index in [1.165, 1.54) is 6.07 Å². The zero-order valence-electron chi connectivity index (χ0n) is 9.84. The summed E-state index contributed by atoms with van der Waals surface area (Å²) in [5, 5.41) is 0. The molecule has 6 heteroatoms. The molecule has 0 radical (unpaired) electrons. The van der Waals surface area contributed by atoms with Gasteiger partial charge in [-0.05, 0) is 24.7 Å². The summed E-state index contributed by atoms with van der Waals surface area (Å²) in [6.45, 7) is 1.29. The topological polar surface area (TPSA) is 29.3 Å². The molecular formula is C12H14F4N2. The van der Waals surface area contributed by atoms with Crippen LogP contribution >= 0.6 is 0 Å². The van der Waals surface area contributed by atoms with E-state index in [0.717, 1.165) is 12.1 Å². The normalized spacial score (nSPS) is 25.7. The summed E-state index contributed by atoms with van der Waals surface area (Å²) in [5.41, 5.74) is 5.18. The van der Waals surface area contributed by atoms with E-state index in [2.05, 4.69) is 0 Å². The molecule has 2 atom stereocenters. The first-order valence-corrected chi connectivity index (χ1v) is 5.60. The van der Waals surface area contributed by atoms with E-state index < -0.39 is 17.6 Å². The summed E-state index contributed by atoms with van der Waals surface area (Å²) < 4.78 is 50.7. The van der Waals surface area contributed by atoms with Gasteiger partial charge in [0.2, 0.25) is 0 Å². The van der Waals surface area contributed by atoms with Crippen LogP contribution in [0.4, 0.5) is 17.6 Å². The van der Waals surface area contributed by atoms with Gasteiger partial charge in [0.05, 0.1) is 5.56 Å². The SMILES string of the molecule is CN1CC(N)C(c2ccc(C(F)(F)F)c(F)c2)C1. The van der Waals surface area contributed by atoms with Crippen molar-refractivity contribution < 1.29 is 17.6 Å². The van der Waals surface area contributed by atoms with E-state index in [9.17, 15) is 17.6 Å². The van der Waals surface area contributed by atoms with Crippen LogP contribution in [-0.2, 0) is 6.18 Å². The number of nitrogens with two attached hydrogens (primary N) is 1. The molecule has 2 rings (SSSR count). The standard InChI is InChI=1S/C12H14F4N2/c1-18-5-8(11(17)6-18)7-2-3-9(10(13)4-7)12(14,15)16/h2-4,8,11H,5-6,17H2,1H3. The second-order valence-electron chi connectivity index (χ2n) is 4.73. The molecule has 1 aromatic carbocycles. The molecule has 0 aromatic heterocycles. The van der Waals surface area contributed by atoms with Crippen LogP contribution in [0.25, 0.3) is 0 Å². The molecule has 2 unspecified atom stereocenters. The van der Waals surface area contributed by atoms with Crippen LogP contribution in [0.2, 0.25) is 0 Å². The third-order valence-corrected chi connectivity index (χ3v) is 3.27. The molecule has 1 aliphatic rings. The second kappa shape index (κ2) is 4.51. The molecule has 0 spiro atoms. The summed E-state index contributed by atoms with van der Waals surface area (Å²) in [4.78, 5) is 1.98. The molecule has 0 bridgehead atoms. The van der Waals surface area contributed by atoms with Gasteiger partial charge in [-0.25, -0.2) is 4.39 Å². The number of nitrogens with zero attached hydrogens (tertiary/aromatic N) is 1. The first-order chi connectivity index (χ1) is 8.29. The van der Waals surface area contributed by atoms with E-state index >= 15 is 0 Å². The molecule has 2 nitrogen and oxygen atoms in total. The quantitative estimate of drug-likeness (QED) is 0.786. The molecule has 2 N–H and O–H groups in total. The van der Waals surface area contributed by atoms with Gasteiger partial charge < -0.3 is 10.6 Å². The molecule has 0 amide bonds. The summed E-state index contributed by atoms with van der Waals surface area (Å²) >= 11 is 0. The maximum absolute atomic E-state index is 13.4. The van der Waals surface area contributed by atoms with Crippen LogP contribution in [0.5, 0.6) is 0 Å². The zero-order valence-corrected chi connectivity index (χ0v) is 9.84. The van der Waals surface area contributed by atoms with E-state index in [4.69, 9.17) is 5.73 Å². The molecule has 1 heterocycles. The van der Waals surface area contributed by atoms with Crippen molar-refractivity contribution in [3.05, 3.63) is 35.1 Å². The van der Waals surface area contributed by atoms with Crippen LogP contribution in [0, 0.1) is 5.82 Å². The van der Waals surface area contributed by atoms with Crippen LogP contribution in [0.1, 0.15) is 17.0 Å². The van der Waals surface area contributed by atoms with Crippen molar-refractivity contribution in [1.29, 1.82) is 0 Å². The van der Waals surface area contributed by atoms with Gasteiger partial charge in [-0.2, -0.15) is 13.2 Å². The lowest BCUT2D eigenvalue weighted by Crippen LogP contribution is -2.28. The Morgan fingerprint density at radius 1 is 1.28 bits per heavy atom. The van der Waals surface area contributed by atoms with Crippen LogP contribution < -0.4 is 5.73 Å². The van der Waals surface area contributed by atoms with Gasteiger partial charge in [0, 0.05) is 25.0 Å². The number of benzene rings is 1. The Balaban J connectivity index is 2.30. The van der Waals surface area contributed by atoms with E-state index in [-0.39, 0.29) is 12.0 Å². The Bertz CT molecular complexity index is 444. The zero-order chi connectivity index (χ0) is 13.5. The van der Waals surface area contributed by atoms with Gasteiger partial charge >= 0.3 is 6.18 Å². The monoisotopic (exact) mass is 262 g/mol. The maximum atomic E-state index is 13.4. The molecule has 1 aromatic rings. The Morgan fingerprint density at radius 3 is 2.39 bits per heavy atom. The van der Waals surface area contributed by atoms with E-state index in [1.54, 1.807) is 0 Å². The van der Waals surface area contributed by atoms with Gasteiger partial charge in [0.25, 0.3) is 0 Å². The summed E-state index contributed by atoms with van der Waals surface area (Å²) in [5.74, 6) is -1.35. The van der Waals surface area contributed by atoms with Gasteiger partial charge in [-0.1, -0.05) is 6.07 Å². The Hall–Kier alpha value is -1.14. The van der Waals surface area contributed by atoms with Crippen molar-refractivity contribution in [1.82, 2.24) is 4.90 Å². The highest BCUT2D eigenvalue weighted by Crippen LogP contribution is 2.34. The predicted molar refractivity (Wildman–Crippen MR) is 59.6 cm³/mol. The average molecular weight is 262 g/mol. The Morgan fingerprint density at radius 2 is 1.94 bits per heavy atom. The van der Waals surface area contributed by atoms with Gasteiger partial charge in [-0.15, -0.1) is 0 Å². The Labute approximate surface area is 102 Å². The predicted octanol–water partition coefficient (Wildman–Crippen LogP) is 2.20. The van der Waals surface area contributed by atoms with Crippen molar-refractivity contribution >= 4 is 0 Å². The molecule has 1 fully saturated rings. The lowest BCUT2D eigenvalue weighted by Gasteiger charge is -2.16. The van der Waals surface area contributed by atoms with Crippen molar-refractivity contribution in [3.63, 3.8) is 0 Å². The lowest BCUT2D eigenvalue weighted by molar-refractivity contribution is -0.140. The number of rotatable bonds is 1. The molecule has 100 valence electrons. The number of halogens is 4. The highest BCUT2D eigenvalue weighted by molar-refractivity contribution is 5.30. The maximum Gasteiger partial charge on any atom is 0.419 e. The fraction of sp³-hybridized carbons (Fsp3) is 0.500. The molecule has 18 heavy (non-hydrogen) atoms. The van der Waals surface area contributed by atoms with Gasteiger partial charge in [0.15, 0.2) is 0 Å². The van der Waals surface area contributed by atoms with Gasteiger partial charge in [-0.3, -0.25) is 0 Å². The highest BCUT2D eigenvalue weighted by Gasteiger charge is 2.35. The summed E-state index contributed by atoms with van der Waals surface area (Å²) in [7, 11) is 1.88. The fourth-order valence-electron chi connectivity index (χ4n) is 2.38. The fourth-order valence-corrected chi connectivity index (χ4v) is 2.38. The van der Waals surface area contributed by atoms with Gasteiger partial charge in [0.1, 0.15) is 5.82 Å².